The Morgan fingerprint density at radius 2 is 2.16 bits per heavy atom. The Morgan fingerprint density at radius 3 is 2.74 bits per heavy atom. The van der Waals surface area contributed by atoms with Gasteiger partial charge in [0.1, 0.15) is 12.6 Å². The van der Waals surface area contributed by atoms with Gasteiger partial charge < -0.3 is 15.7 Å². The molecule has 1 aliphatic rings. The number of hydrogen-bond donors (Lipinski definition) is 3. The molecule has 0 saturated carbocycles. The standard InChI is InChI=1S/C14H14N2O3/c17-9-1-2-10-3-5-11(6-4-10)15-14(19)12-7-8-13(18)16-12/h3-6,12,17H,7-9H2,(H,15,19)(H,16,18). The van der Waals surface area contributed by atoms with Gasteiger partial charge in [-0.3, -0.25) is 9.59 Å². The Bertz CT molecular complexity index is 540. The summed E-state index contributed by atoms with van der Waals surface area (Å²) in [7, 11) is 0. The minimum absolute atomic E-state index is 0.0882. The average molecular weight is 258 g/mol. The van der Waals surface area contributed by atoms with Crippen LogP contribution in [0.25, 0.3) is 0 Å². The lowest BCUT2D eigenvalue weighted by atomic mass is 10.2. The van der Waals surface area contributed by atoms with Crippen molar-refractivity contribution in [1.82, 2.24) is 5.32 Å². The number of aliphatic hydroxyl groups is 1. The number of aliphatic hydroxyl groups excluding tert-OH is 1. The Morgan fingerprint density at radius 1 is 1.42 bits per heavy atom. The topological polar surface area (TPSA) is 78.4 Å². The van der Waals surface area contributed by atoms with Gasteiger partial charge in [0, 0.05) is 17.7 Å². The van der Waals surface area contributed by atoms with E-state index in [2.05, 4.69) is 22.5 Å². The quantitative estimate of drug-likeness (QED) is 0.665. The van der Waals surface area contributed by atoms with Gasteiger partial charge in [0.05, 0.1) is 0 Å². The minimum atomic E-state index is -0.443. The van der Waals surface area contributed by atoms with E-state index in [1.165, 1.54) is 0 Å². The summed E-state index contributed by atoms with van der Waals surface area (Å²) in [5.41, 5.74) is 1.42. The van der Waals surface area contributed by atoms with E-state index in [1.807, 2.05) is 0 Å². The molecule has 2 amide bonds. The van der Waals surface area contributed by atoms with Gasteiger partial charge in [-0.2, -0.15) is 0 Å². The second kappa shape index (κ2) is 6.03. The fourth-order valence-electron chi connectivity index (χ4n) is 1.82. The molecule has 1 atom stereocenters. The average Bonchev–Trinajstić information content (AvgIpc) is 2.85. The van der Waals surface area contributed by atoms with Crippen LogP contribution in [0, 0.1) is 11.8 Å². The molecule has 0 aromatic heterocycles. The molecule has 1 heterocycles. The van der Waals surface area contributed by atoms with E-state index in [0.717, 1.165) is 5.56 Å². The second-order valence-electron chi connectivity index (χ2n) is 4.19. The zero-order valence-electron chi connectivity index (χ0n) is 10.3. The van der Waals surface area contributed by atoms with E-state index in [-0.39, 0.29) is 18.4 Å². The van der Waals surface area contributed by atoms with Crippen molar-refractivity contribution < 1.29 is 14.7 Å². The van der Waals surface area contributed by atoms with Crippen LogP contribution in [0.2, 0.25) is 0 Å². The lowest BCUT2D eigenvalue weighted by molar-refractivity contribution is -0.122. The Balaban J connectivity index is 1.95. The van der Waals surface area contributed by atoms with E-state index in [9.17, 15) is 9.59 Å². The number of carbonyl (C=O) groups is 2. The molecule has 5 nitrogen and oxygen atoms in total. The summed E-state index contributed by atoms with van der Waals surface area (Å²) in [6.07, 6.45) is 0.929. The van der Waals surface area contributed by atoms with Gasteiger partial charge in [0.15, 0.2) is 0 Å². The summed E-state index contributed by atoms with van der Waals surface area (Å²) >= 11 is 0. The van der Waals surface area contributed by atoms with Gasteiger partial charge in [-0.1, -0.05) is 11.8 Å². The monoisotopic (exact) mass is 258 g/mol. The van der Waals surface area contributed by atoms with Crippen molar-refractivity contribution >= 4 is 17.5 Å². The minimum Gasteiger partial charge on any atom is -0.384 e. The van der Waals surface area contributed by atoms with Gasteiger partial charge in [0.2, 0.25) is 11.8 Å². The summed E-state index contributed by atoms with van der Waals surface area (Å²) < 4.78 is 0. The highest BCUT2D eigenvalue weighted by molar-refractivity contribution is 5.98. The predicted octanol–water partition coefficient (Wildman–Crippen LogP) is 0.247. The third kappa shape index (κ3) is 3.57. The van der Waals surface area contributed by atoms with Crippen LogP contribution in [0.3, 0.4) is 0 Å². The molecule has 2 rings (SSSR count). The van der Waals surface area contributed by atoms with Crippen molar-refractivity contribution in [2.24, 2.45) is 0 Å². The molecule has 98 valence electrons. The van der Waals surface area contributed by atoms with E-state index in [1.54, 1.807) is 24.3 Å². The molecule has 5 heteroatoms. The smallest absolute Gasteiger partial charge is 0.246 e. The van der Waals surface area contributed by atoms with Crippen LogP contribution in [0.1, 0.15) is 18.4 Å². The summed E-state index contributed by atoms with van der Waals surface area (Å²) in [5.74, 6) is 5.01. The first-order valence-corrected chi connectivity index (χ1v) is 5.99. The Kier molecular flexibility index (Phi) is 4.16. The number of benzene rings is 1. The molecule has 1 aromatic rings. The Hall–Kier alpha value is -2.32. The molecule has 1 aliphatic heterocycles. The van der Waals surface area contributed by atoms with Crippen LogP contribution in [0.4, 0.5) is 5.69 Å². The number of nitrogens with one attached hydrogen (secondary N) is 2. The molecule has 0 aliphatic carbocycles. The lowest BCUT2D eigenvalue weighted by Crippen LogP contribution is -2.37. The van der Waals surface area contributed by atoms with Gasteiger partial charge >= 0.3 is 0 Å². The number of hydrogen-bond acceptors (Lipinski definition) is 3. The second-order valence-corrected chi connectivity index (χ2v) is 4.19. The van der Waals surface area contributed by atoms with Crippen LogP contribution in [0.15, 0.2) is 24.3 Å². The fraction of sp³-hybridized carbons (Fsp3) is 0.286. The molecule has 3 N–H and O–H groups in total. The highest BCUT2D eigenvalue weighted by Gasteiger charge is 2.26. The largest absolute Gasteiger partial charge is 0.384 e. The lowest BCUT2D eigenvalue weighted by Gasteiger charge is -2.10. The molecular weight excluding hydrogens is 244 g/mol. The third-order valence-corrected chi connectivity index (χ3v) is 2.78. The van der Waals surface area contributed by atoms with Gasteiger partial charge in [-0.05, 0) is 30.7 Å². The highest BCUT2D eigenvalue weighted by Crippen LogP contribution is 2.12. The summed E-state index contributed by atoms with van der Waals surface area (Å²) in [6, 6.07) is 6.53. The van der Waals surface area contributed by atoms with E-state index < -0.39 is 6.04 Å². The maximum absolute atomic E-state index is 11.8. The SMILES string of the molecule is O=C1CCC(C(=O)Nc2ccc(C#CCO)cc2)N1. The van der Waals surface area contributed by atoms with Gasteiger partial charge in [-0.25, -0.2) is 0 Å². The van der Waals surface area contributed by atoms with Crippen molar-refractivity contribution in [2.75, 3.05) is 11.9 Å². The van der Waals surface area contributed by atoms with Gasteiger partial charge in [-0.15, -0.1) is 0 Å². The molecule has 1 saturated heterocycles. The molecule has 19 heavy (non-hydrogen) atoms. The van der Waals surface area contributed by atoms with Crippen LogP contribution < -0.4 is 10.6 Å². The maximum atomic E-state index is 11.8. The number of amides is 2. The number of carbonyl (C=O) groups excluding carboxylic acids is 2. The van der Waals surface area contributed by atoms with Crippen LogP contribution in [-0.4, -0.2) is 29.6 Å². The molecule has 0 spiro atoms. The molecule has 0 radical (unpaired) electrons. The molecule has 1 unspecified atom stereocenters. The third-order valence-electron chi connectivity index (χ3n) is 2.78. The molecule has 1 fully saturated rings. The van der Waals surface area contributed by atoms with Crippen molar-refractivity contribution in [3.63, 3.8) is 0 Å². The van der Waals surface area contributed by atoms with Crippen molar-refractivity contribution in [3.8, 4) is 11.8 Å². The van der Waals surface area contributed by atoms with E-state index >= 15 is 0 Å². The molecule has 0 bridgehead atoms. The fourth-order valence-corrected chi connectivity index (χ4v) is 1.82. The number of anilines is 1. The van der Waals surface area contributed by atoms with E-state index in [4.69, 9.17) is 5.11 Å². The van der Waals surface area contributed by atoms with Gasteiger partial charge in [0.25, 0.3) is 0 Å². The summed E-state index contributed by atoms with van der Waals surface area (Å²) in [4.78, 5) is 22.9. The van der Waals surface area contributed by atoms with Crippen molar-refractivity contribution in [2.45, 2.75) is 18.9 Å². The van der Waals surface area contributed by atoms with Crippen LogP contribution in [-0.2, 0) is 9.59 Å². The zero-order chi connectivity index (χ0) is 13.7. The first-order chi connectivity index (χ1) is 9.19. The highest BCUT2D eigenvalue weighted by atomic mass is 16.2. The summed E-state index contributed by atoms with van der Waals surface area (Å²) in [5, 5.41) is 13.9. The predicted molar refractivity (Wildman–Crippen MR) is 70.2 cm³/mol. The van der Waals surface area contributed by atoms with E-state index in [0.29, 0.717) is 18.5 Å². The Labute approximate surface area is 111 Å². The van der Waals surface area contributed by atoms with Crippen molar-refractivity contribution in [1.29, 1.82) is 0 Å². The number of rotatable bonds is 2. The zero-order valence-corrected chi connectivity index (χ0v) is 10.3. The van der Waals surface area contributed by atoms with Crippen LogP contribution >= 0.6 is 0 Å². The summed E-state index contributed by atoms with van der Waals surface area (Å²) in [6.45, 7) is -0.181. The first-order valence-electron chi connectivity index (χ1n) is 5.99. The molecular formula is C14H14N2O3. The van der Waals surface area contributed by atoms with Crippen molar-refractivity contribution in [3.05, 3.63) is 29.8 Å². The normalized spacial score (nSPS) is 17.3. The maximum Gasteiger partial charge on any atom is 0.246 e. The first kappa shape index (κ1) is 13.1. The molecule has 1 aromatic carbocycles. The van der Waals surface area contributed by atoms with Crippen LogP contribution in [0.5, 0.6) is 0 Å².